The van der Waals surface area contributed by atoms with Gasteiger partial charge in [0.15, 0.2) is 0 Å². The summed E-state index contributed by atoms with van der Waals surface area (Å²) in [7, 11) is 0. The fourth-order valence-electron chi connectivity index (χ4n) is 2.68. The van der Waals surface area contributed by atoms with E-state index >= 15 is 0 Å². The number of benzene rings is 2. The van der Waals surface area contributed by atoms with Gasteiger partial charge in [-0.15, -0.1) is 5.01 Å². The lowest BCUT2D eigenvalue weighted by Gasteiger charge is -2.28. The normalized spacial score (nSPS) is 15.7. The van der Waals surface area contributed by atoms with Crippen LogP contribution in [-0.2, 0) is 0 Å². The lowest BCUT2D eigenvalue weighted by atomic mass is 10.2. The Bertz CT molecular complexity index is 983. The van der Waals surface area contributed by atoms with E-state index in [2.05, 4.69) is 10.4 Å². The third-order valence-electron chi connectivity index (χ3n) is 4.07. The number of carboxylic acid groups (broad SMARTS) is 1. The number of urea groups is 1. The standard InChI is InChI=1S/C17H14Cl3N5O4/c1-2-23(9-6-7-10(15(26)27)13(20)8-9)16(28)25-17(29)24(21-22-25)14-11(18)4-3-5-12(14)19/h3-8,17,29H,2H2,1H3,(H,26,27). The quantitative estimate of drug-likeness (QED) is 0.692. The van der Waals surface area contributed by atoms with E-state index in [-0.39, 0.29) is 32.9 Å². The van der Waals surface area contributed by atoms with Crippen LogP contribution in [0.4, 0.5) is 16.2 Å². The molecule has 9 nitrogen and oxygen atoms in total. The second-order valence-corrected chi connectivity index (χ2v) is 7.00. The van der Waals surface area contributed by atoms with Gasteiger partial charge in [-0.1, -0.05) is 40.9 Å². The van der Waals surface area contributed by atoms with Crippen molar-refractivity contribution in [1.82, 2.24) is 5.01 Å². The molecule has 1 heterocycles. The number of anilines is 2. The van der Waals surface area contributed by atoms with Crippen molar-refractivity contribution < 1.29 is 19.8 Å². The molecule has 3 rings (SSSR count). The summed E-state index contributed by atoms with van der Waals surface area (Å²) in [5, 5.41) is 29.3. The maximum Gasteiger partial charge on any atom is 0.350 e. The highest BCUT2D eigenvalue weighted by Gasteiger charge is 2.38. The average Bonchev–Trinajstić information content (AvgIpc) is 3.03. The second kappa shape index (κ2) is 8.42. The van der Waals surface area contributed by atoms with Crippen molar-refractivity contribution >= 4 is 58.2 Å². The minimum atomic E-state index is -1.59. The van der Waals surface area contributed by atoms with Gasteiger partial charge in [0.05, 0.1) is 20.6 Å². The van der Waals surface area contributed by atoms with Gasteiger partial charge in [0.25, 0.3) is 6.35 Å². The number of rotatable bonds is 4. The molecule has 152 valence electrons. The molecule has 0 aliphatic carbocycles. The number of aromatic carboxylic acids is 1. The molecule has 1 aliphatic rings. The van der Waals surface area contributed by atoms with Crippen LogP contribution < -0.4 is 9.91 Å². The number of carbonyl (C=O) groups is 2. The first kappa shape index (κ1) is 21.1. The van der Waals surface area contributed by atoms with Crippen LogP contribution in [0.5, 0.6) is 0 Å². The zero-order chi connectivity index (χ0) is 21.3. The average molecular weight is 459 g/mol. The molecule has 0 saturated heterocycles. The van der Waals surface area contributed by atoms with Crippen LogP contribution >= 0.6 is 34.8 Å². The van der Waals surface area contributed by atoms with Gasteiger partial charge in [0.1, 0.15) is 5.69 Å². The van der Waals surface area contributed by atoms with Gasteiger partial charge in [-0.05, 0) is 47.7 Å². The van der Waals surface area contributed by atoms with Crippen molar-refractivity contribution in [1.29, 1.82) is 0 Å². The number of aliphatic hydroxyl groups is 1. The van der Waals surface area contributed by atoms with Crippen LogP contribution in [0.3, 0.4) is 0 Å². The molecule has 0 aromatic heterocycles. The predicted molar refractivity (Wildman–Crippen MR) is 108 cm³/mol. The first-order chi connectivity index (χ1) is 13.8. The SMILES string of the molecule is CCN(C(=O)N1N=NN(c2c(Cl)cccc2Cl)C1O)c1ccc(C(=O)O)c(Cl)c1. The minimum absolute atomic E-state index is 0.0330. The van der Waals surface area contributed by atoms with E-state index in [1.165, 1.54) is 23.1 Å². The third kappa shape index (κ3) is 3.95. The van der Waals surface area contributed by atoms with Gasteiger partial charge < -0.3 is 10.2 Å². The van der Waals surface area contributed by atoms with Crippen molar-refractivity contribution in [3.05, 3.63) is 57.0 Å². The number of aliphatic hydroxyl groups excluding tert-OH is 1. The van der Waals surface area contributed by atoms with Gasteiger partial charge in [-0.3, -0.25) is 4.90 Å². The van der Waals surface area contributed by atoms with Crippen LogP contribution in [0.1, 0.15) is 17.3 Å². The van der Waals surface area contributed by atoms with Crippen molar-refractivity contribution in [3.8, 4) is 0 Å². The third-order valence-corrected chi connectivity index (χ3v) is 5.00. The van der Waals surface area contributed by atoms with Crippen molar-refractivity contribution in [2.75, 3.05) is 16.5 Å². The molecule has 0 bridgehead atoms. The number of para-hydroxylation sites is 1. The molecule has 2 N–H and O–H groups in total. The molecule has 1 aliphatic heterocycles. The Morgan fingerprint density at radius 1 is 1.10 bits per heavy atom. The molecule has 2 amide bonds. The monoisotopic (exact) mass is 457 g/mol. The molecule has 0 spiro atoms. The molecule has 1 atom stereocenters. The van der Waals surface area contributed by atoms with E-state index in [4.69, 9.17) is 39.9 Å². The van der Waals surface area contributed by atoms with Gasteiger partial charge in [0.2, 0.25) is 0 Å². The van der Waals surface area contributed by atoms with Gasteiger partial charge in [0, 0.05) is 12.2 Å². The number of halogens is 3. The van der Waals surface area contributed by atoms with Crippen LogP contribution in [-0.4, -0.2) is 40.1 Å². The minimum Gasteiger partial charge on any atom is -0.478 e. The van der Waals surface area contributed by atoms with E-state index in [0.717, 1.165) is 10.0 Å². The number of nitrogens with zero attached hydrogens (tertiary/aromatic N) is 5. The van der Waals surface area contributed by atoms with Gasteiger partial charge >= 0.3 is 12.0 Å². The first-order valence-electron chi connectivity index (χ1n) is 8.22. The Kier molecular flexibility index (Phi) is 6.13. The zero-order valence-corrected chi connectivity index (χ0v) is 17.1. The van der Waals surface area contributed by atoms with Crippen LogP contribution in [0.25, 0.3) is 0 Å². The Labute approximate surface area is 180 Å². The molecule has 0 fully saturated rings. The summed E-state index contributed by atoms with van der Waals surface area (Å²) in [5.41, 5.74) is 0.419. The Morgan fingerprint density at radius 3 is 2.31 bits per heavy atom. The predicted octanol–water partition coefficient (Wildman–Crippen LogP) is 4.67. The number of hydrogen-bond donors (Lipinski definition) is 2. The highest BCUT2D eigenvalue weighted by atomic mass is 35.5. The lowest BCUT2D eigenvalue weighted by Crippen LogP contribution is -2.48. The first-order valence-corrected chi connectivity index (χ1v) is 9.36. The molecular formula is C17H14Cl3N5O4. The summed E-state index contributed by atoms with van der Waals surface area (Å²) < 4.78 is 0. The smallest absolute Gasteiger partial charge is 0.350 e. The lowest BCUT2D eigenvalue weighted by molar-refractivity contribution is 0.0540. The van der Waals surface area contributed by atoms with E-state index in [1.807, 2.05) is 0 Å². The fourth-order valence-corrected chi connectivity index (χ4v) is 3.51. The zero-order valence-electron chi connectivity index (χ0n) is 14.8. The number of carbonyl (C=O) groups excluding carboxylic acids is 1. The van der Waals surface area contributed by atoms with E-state index in [0.29, 0.717) is 5.69 Å². The molecule has 29 heavy (non-hydrogen) atoms. The molecule has 0 saturated carbocycles. The van der Waals surface area contributed by atoms with Crippen molar-refractivity contribution in [2.24, 2.45) is 10.4 Å². The summed E-state index contributed by atoms with van der Waals surface area (Å²) >= 11 is 18.3. The maximum absolute atomic E-state index is 13.0. The van der Waals surface area contributed by atoms with Crippen LogP contribution in [0, 0.1) is 0 Å². The second-order valence-electron chi connectivity index (χ2n) is 5.78. The van der Waals surface area contributed by atoms with E-state index < -0.39 is 18.4 Å². The molecule has 2 aromatic carbocycles. The van der Waals surface area contributed by atoms with Crippen molar-refractivity contribution in [2.45, 2.75) is 13.3 Å². The Hall–Kier alpha value is -2.59. The van der Waals surface area contributed by atoms with Crippen molar-refractivity contribution in [3.63, 3.8) is 0 Å². The molecular weight excluding hydrogens is 445 g/mol. The topological polar surface area (TPSA) is 109 Å². The summed E-state index contributed by atoms with van der Waals surface area (Å²) in [6, 6.07) is 8.08. The highest BCUT2D eigenvalue weighted by Crippen LogP contribution is 2.37. The van der Waals surface area contributed by atoms with Crippen LogP contribution in [0.15, 0.2) is 46.8 Å². The largest absolute Gasteiger partial charge is 0.478 e. The molecule has 1 unspecified atom stereocenters. The van der Waals surface area contributed by atoms with Crippen LogP contribution in [0.2, 0.25) is 15.1 Å². The summed E-state index contributed by atoms with van der Waals surface area (Å²) in [6.45, 7) is 1.88. The molecule has 2 aromatic rings. The van der Waals surface area contributed by atoms with Gasteiger partial charge in [-0.25, -0.2) is 9.59 Å². The number of amides is 2. The highest BCUT2D eigenvalue weighted by molar-refractivity contribution is 6.39. The van der Waals surface area contributed by atoms with Gasteiger partial charge in [-0.2, -0.15) is 5.01 Å². The Balaban J connectivity index is 1.87. The van der Waals surface area contributed by atoms with E-state index in [9.17, 15) is 14.7 Å². The van der Waals surface area contributed by atoms with E-state index in [1.54, 1.807) is 25.1 Å². The molecule has 0 radical (unpaired) electrons. The summed E-state index contributed by atoms with van der Waals surface area (Å²) in [6.07, 6.45) is -1.59. The fraction of sp³-hybridized carbons (Fsp3) is 0.176. The number of hydrogen-bond acceptors (Lipinski definition) is 6. The summed E-state index contributed by atoms with van der Waals surface area (Å²) in [4.78, 5) is 25.3. The molecule has 12 heteroatoms. The number of carboxylic acids is 1. The Morgan fingerprint density at radius 2 is 1.76 bits per heavy atom. The summed E-state index contributed by atoms with van der Waals surface area (Å²) in [5.74, 6) is -1.19. The maximum atomic E-state index is 13.0.